The summed E-state index contributed by atoms with van der Waals surface area (Å²) in [6, 6.07) is 0. The lowest BCUT2D eigenvalue weighted by Crippen LogP contribution is -2.55. The number of thioether (sulfide) groups is 1. The molecule has 0 aromatic heterocycles. The molecule has 5 nitrogen and oxygen atoms in total. The normalized spacial score (nSPS) is 24.6. The van der Waals surface area contributed by atoms with Crippen LogP contribution in [0.4, 0.5) is 0 Å². The van der Waals surface area contributed by atoms with Gasteiger partial charge >= 0.3 is 5.97 Å². The molecule has 1 rings (SSSR count). The molecule has 1 amide bonds. The Hall–Kier alpha value is -0.750. The van der Waals surface area contributed by atoms with Gasteiger partial charge in [-0.1, -0.05) is 0 Å². The van der Waals surface area contributed by atoms with E-state index in [-0.39, 0.29) is 12.3 Å². The summed E-state index contributed by atoms with van der Waals surface area (Å²) in [6.45, 7) is 3.59. The zero-order valence-corrected chi connectivity index (χ0v) is 11.2. The summed E-state index contributed by atoms with van der Waals surface area (Å²) in [5, 5.41) is 11.9. The maximum absolute atomic E-state index is 11.8. The van der Waals surface area contributed by atoms with Gasteiger partial charge in [-0.25, -0.2) is 4.79 Å². The second kappa shape index (κ2) is 5.27. The third kappa shape index (κ3) is 3.61. The molecule has 1 unspecified atom stereocenters. The van der Waals surface area contributed by atoms with Gasteiger partial charge in [0.25, 0.3) is 0 Å². The van der Waals surface area contributed by atoms with Crippen molar-refractivity contribution in [3.8, 4) is 0 Å². The molecule has 1 atom stereocenters. The third-order valence-corrected chi connectivity index (χ3v) is 4.14. The number of aliphatic carboxylic acids is 1. The second-order valence-electron chi connectivity index (χ2n) is 4.88. The predicted octanol–water partition coefficient (Wildman–Crippen LogP) is 0.878. The number of ether oxygens (including phenoxy) is 1. The minimum absolute atomic E-state index is 0.156. The molecule has 0 spiro atoms. The van der Waals surface area contributed by atoms with Crippen LogP contribution in [0.1, 0.15) is 26.7 Å². The number of amides is 1. The van der Waals surface area contributed by atoms with Gasteiger partial charge in [-0.15, -0.1) is 0 Å². The smallest absolute Gasteiger partial charge is 0.330 e. The van der Waals surface area contributed by atoms with Crippen LogP contribution in [0.5, 0.6) is 0 Å². The van der Waals surface area contributed by atoms with E-state index >= 15 is 0 Å². The first-order valence-electron chi connectivity index (χ1n) is 5.49. The highest BCUT2D eigenvalue weighted by molar-refractivity contribution is 7.99. The first-order valence-corrected chi connectivity index (χ1v) is 6.64. The molecule has 1 heterocycles. The summed E-state index contributed by atoms with van der Waals surface area (Å²) < 4.78 is 5.15. The molecule has 0 bridgehead atoms. The molecule has 1 aliphatic heterocycles. The average Bonchev–Trinajstić information content (AvgIpc) is 2.66. The Morgan fingerprint density at radius 2 is 2.18 bits per heavy atom. The van der Waals surface area contributed by atoms with Crippen LogP contribution in [0.15, 0.2) is 0 Å². The summed E-state index contributed by atoms with van der Waals surface area (Å²) in [5.41, 5.74) is -1.67. The summed E-state index contributed by atoms with van der Waals surface area (Å²) in [4.78, 5) is 23.1. The molecule has 17 heavy (non-hydrogen) atoms. The minimum atomic E-state index is -1.09. The Morgan fingerprint density at radius 1 is 1.53 bits per heavy atom. The number of hydrogen-bond acceptors (Lipinski definition) is 4. The molecule has 1 aliphatic rings. The second-order valence-corrected chi connectivity index (χ2v) is 5.98. The van der Waals surface area contributed by atoms with E-state index in [2.05, 4.69) is 5.32 Å². The van der Waals surface area contributed by atoms with Crippen molar-refractivity contribution in [1.29, 1.82) is 0 Å². The van der Waals surface area contributed by atoms with Gasteiger partial charge < -0.3 is 15.2 Å². The lowest BCUT2D eigenvalue weighted by Gasteiger charge is -2.28. The quantitative estimate of drug-likeness (QED) is 0.768. The molecule has 6 heteroatoms. The molecule has 98 valence electrons. The van der Waals surface area contributed by atoms with Gasteiger partial charge in [0.2, 0.25) is 5.91 Å². The monoisotopic (exact) mass is 261 g/mol. The van der Waals surface area contributed by atoms with E-state index < -0.39 is 17.1 Å². The first kappa shape index (κ1) is 14.3. The van der Waals surface area contributed by atoms with Crippen molar-refractivity contribution in [1.82, 2.24) is 5.32 Å². The topological polar surface area (TPSA) is 75.6 Å². The van der Waals surface area contributed by atoms with E-state index in [1.165, 1.54) is 7.11 Å². The molecule has 0 aromatic rings. The van der Waals surface area contributed by atoms with Crippen molar-refractivity contribution in [3.05, 3.63) is 0 Å². The Morgan fingerprint density at radius 3 is 2.59 bits per heavy atom. The highest BCUT2D eigenvalue weighted by Gasteiger charge is 2.43. The van der Waals surface area contributed by atoms with E-state index in [1.54, 1.807) is 25.6 Å². The van der Waals surface area contributed by atoms with Gasteiger partial charge in [-0.05, 0) is 26.0 Å². The number of carboxylic acids is 1. The first-order chi connectivity index (χ1) is 7.81. The van der Waals surface area contributed by atoms with Crippen LogP contribution in [0.3, 0.4) is 0 Å². The average molecular weight is 261 g/mol. The van der Waals surface area contributed by atoms with Crippen molar-refractivity contribution in [3.63, 3.8) is 0 Å². The van der Waals surface area contributed by atoms with Gasteiger partial charge in [0.1, 0.15) is 5.54 Å². The van der Waals surface area contributed by atoms with Gasteiger partial charge in [0.05, 0.1) is 12.0 Å². The van der Waals surface area contributed by atoms with Crippen LogP contribution in [-0.4, -0.2) is 46.7 Å². The molecule has 1 saturated heterocycles. The molecule has 1 fully saturated rings. The van der Waals surface area contributed by atoms with Crippen LogP contribution in [0, 0.1) is 0 Å². The van der Waals surface area contributed by atoms with Crippen molar-refractivity contribution < 1.29 is 19.4 Å². The van der Waals surface area contributed by atoms with Crippen molar-refractivity contribution in [2.24, 2.45) is 0 Å². The number of carboxylic acid groups (broad SMARTS) is 1. The van der Waals surface area contributed by atoms with E-state index in [0.717, 1.165) is 5.75 Å². The van der Waals surface area contributed by atoms with Crippen molar-refractivity contribution in [2.45, 2.75) is 37.8 Å². The SMILES string of the molecule is COC(C)(C)CC(=O)NC1(C(=O)O)CCSC1. The number of methoxy groups -OCH3 is 1. The zero-order valence-electron chi connectivity index (χ0n) is 10.4. The fourth-order valence-electron chi connectivity index (χ4n) is 1.66. The lowest BCUT2D eigenvalue weighted by molar-refractivity contribution is -0.147. The van der Waals surface area contributed by atoms with Crippen LogP contribution in [0.2, 0.25) is 0 Å². The molecule has 0 radical (unpaired) electrons. The molecule has 0 aromatic carbocycles. The van der Waals surface area contributed by atoms with Crippen LogP contribution < -0.4 is 5.32 Å². The number of rotatable bonds is 5. The Kier molecular flexibility index (Phi) is 4.43. The van der Waals surface area contributed by atoms with Crippen molar-refractivity contribution >= 4 is 23.6 Å². The Balaban J connectivity index is 2.63. The van der Waals surface area contributed by atoms with Crippen LogP contribution in [-0.2, 0) is 14.3 Å². The van der Waals surface area contributed by atoms with Gasteiger partial charge in [-0.3, -0.25) is 4.79 Å². The predicted molar refractivity (Wildman–Crippen MR) is 66.2 cm³/mol. The fourth-order valence-corrected chi connectivity index (χ4v) is 2.98. The standard InChI is InChI=1S/C11H19NO4S/c1-10(2,16-3)6-8(13)12-11(9(14)15)4-5-17-7-11/h4-7H2,1-3H3,(H,12,13)(H,14,15). The molecular formula is C11H19NO4S. The van der Waals surface area contributed by atoms with Gasteiger partial charge in [0.15, 0.2) is 0 Å². The van der Waals surface area contributed by atoms with Crippen LogP contribution in [0.25, 0.3) is 0 Å². The lowest BCUT2D eigenvalue weighted by atomic mass is 9.97. The highest BCUT2D eigenvalue weighted by Crippen LogP contribution is 2.28. The summed E-state index contributed by atoms with van der Waals surface area (Å²) in [6.07, 6.45) is 0.634. The summed E-state index contributed by atoms with van der Waals surface area (Å²) >= 11 is 1.55. The van der Waals surface area contributed by atoms with E-state index in [0.29, 0.717) is 12.2 Å². The third-order valence-electron chi connectivity index (χ3n) is 2.95. The van der Waals surface area contributed by atoms with E-state index in [1.807, 2.05) is 0 Å². The van der Waals surface area contributed by atoms with E-state index in [9.17, 15) is 14.7 Å². The number of carbonyl (C=O) groups is 2. The fraction of sp³-hybridized carbons (Fsp3) is 0.818. The van der Waals surface area contributed by atoms with Crippen molar-refractivity contribution in [2.75, 3.05) is 18.6 Å². The highest BCUT2D eigenvalue weighted by atomic mass is 32.2. The van der Waals surface area contributed by atoms with Gasteiger partial charge in [0, 0.05) is 12.9 Å². The zero-order chi connectivity index (χ0) is 13.1. The minimum Gasteiger partial charge on any atom is -0.479 e. The molecule has 0 aliphatic carbocycles. The van der Waals surface area contributed by atoms with Crippen LogP contribution >= 0.6 is 11.8 Å². The van der Waals surface area contributed by atoms with E-state index in [4.69, 9.17) is 4.74 Å². The number of carbonyl (C=O) groups excluding carboxylic acids is 1. The number of hydrogen-bond donors (Lipinski definition) is 2. The molecule has 0 saturated carbocycles. The Bertz CT molecular complexity index is 311. The summed E-state index contributed by atoms with van der Waals surface area (Å²) in [7, 11) is 1.53. The molecular weight excluding hydrogens is 242 g/mol. The Labute approximate surface area is 105 Å². The van der Waals surface area contributed by atoms with Gasteiger partial charge in [-0.2, -0.15) is 11.8 Å². The maximum atomic E-state index is 11.8. The largest absolute Gasteiger partial charge is 0.479 e. The number of nitrogens with one attached hydrogen (secondary N) is 1. The maximum Gasteiger partial charge on any atom is 0.330 e. The molecule has 2 N–H and O–H groups in total. The summed E-state index contributed by atoms with van der Waals surface area (Å²) in [5.74, 6) is -0.0327.